The number of carbonyl (C=O) groups is 1. The Morgan fingerprint density at radius 3 is 2.47 bits per heavy atom. The highest BCUT2D eigenvalue weighted by Gasteiger charge is 2.01. The van der Waals surface area contributed by atoms with E-state index in [1.807, 2.05) is 53.4 Å². The van der Waals surface area contributed by atoms with Crippen molar-refractivity contribution in [2.75, 3.05) is 11.9 Å². The molecule has 0 saturated carbocycles. The number of ether oxygens (including phenoxy) is 1. The van der Waals surface area contributed by atoms with Gasteiger partial charge in [0.25, 0.3) is 0 Å². The first-order valence-corrected chi connectivity index (χ1v) is 5.47. The van der Waals surface area contributed by atoms with Crippen LogP contribution < -0.4 is 5.32 Å². The van der Waals surface area contributed by atoms with Crippen LogP contribution in [-0.2, 0) is 4.74 Å². The number of benzene rings is 1. The third-order valence-corrected chi connectivity index (χ3v) is 2.29. The molecular formula is C13H14N2O2. The van der Waals surface area contributed by atoms with Gasteiger partial charge in [0.05, 0.1) is 6.61 Å². The van der Waals surface area contributed by atoms with Crippen molar-refractivity contribution in [3.8, 4) is 5.69 Å². The average Bonchev–Trinajstić information content (AvgIpc) is 2.84. The summed E-state index contributed by atoms with van der Waals surface area (Å²) in [4.78, 5) is 11.2. The highest BCUT2D eigenvalue weighted by molar-refractivity contribution is 5.84. The molecule has 0 aliphatic heterocycles. The molecule has 0 fully saturated rings. The van der Waals surface area contributed by atoms with Crippen molar-refractivity contribution in [1.29, 1.82) is 0 Å². The Kier molecular flexibility index (Phi) is 3.45. The lowest BCUT2D eigenvalue weighted by atomic mass is 10.3. The molecule has 1 N–H and O–H groups in total. The fraction of sp³-hybridized carbons (Fsp3) is 0.154. The molecule has 0 spiro atoms. The van der Waals surface area contributed by atoms with Crippen LogP contribution in [0.3, 0.4) is 0 Å². The molecule has 4 heteroatoms. The van der Waals surface area contributed by atoms with Gasteiger partial charge in [-0.1, -0.05) is 0 Å². The van der Waals surface area contributed by atoms with E-state index in [2.05, 4.69) is 5.32 Å². The van der Waals surface area contributed by atoms with Crippen LogP contribution in [0.2, 0.25) is 0 Å². The molecule has 2 aromatic rings. The van der Waals surface area contributed by atoms with Crippen molar-refractivity contribution in [1.82, 2.24) is 4.57 Å². The van der Waals surface area contributed by atoms with Crippen molar-refractivity contribution in [3.05, 3.63) is 48.8 Å². The van der Waals surface area contributed by atoms with Gasteiger partial charge in [0.1, 0.15) is 0 Å². The third-order valence-electron chi connectivity index (χ3n) is 2.29. The summed E-state index contributed by atoms with van der Waals surface area (Å²) in [6.07, 6.45) is 3.50. The maximum Gasteiger partial charge on any atom is 0.411 e. The zero-order valence-corrected chi connectivity index (χ0v) is 9.59. The van der Waals surface area contributed by atoms with Gasteiger partial charge in [0.2, 0.25) is 0 Å². The minimum absolute atomic E-state index is 0.368. The second-order valence-corrected chi connectivity index (χ2v) is 3.48. The first-order chi connectivity index (χ1) is 8.29. The number of rotatable bonds is 3. The number of nitrogens with one attached hydrogen (secondary N) is 1. The number of carbonyl (C=O) groups excluding carboxylic acids is 1. The lowest BCUT2D eigenvalue weighted by Gasteiger charge is -2.07. The van der Waals surface area contributed by atoms with E-state index < -0.39 is 6.09 Å². The molecule has 4 nitrogen and oxygen atoms in total. The summed E-state index contributed by atoms with van der Waals surface area (Å²) in [7, 11) is 0. The number of anilines is 1. The summed E-state index contributed by atoms with van der Waals surface area (Å²) >= 11 is 0. The van der Waals surface area contributed by atoms with Crippen molar-refractivity contribution >= 4 is 11.8 Å². The third kappa shape index (κ3) is 2.87. The van der Waals surface area contributed by atoms with E-state index >= 15 is 0 Å². The van der Waals surface area contributed by atoms with E-state index in [-0.39, 0.29) is 0 Å². The zero-order chi connectivity index (χ0) is 12.1. The van der Waals surface area contributed by atoms with E-state index in [4.69, 9.17) is 4.74 Å². The van der Waals surface area contributed by atoms with Crippen LogP contribution >= 0.6 is 0 Å². The average molecular weight is 230 g/mol. The van der Waals surface area contributed by atoms with E-state index in [1.54, 1.807) is 6.92 Å². The van der Waals surface area contributed by atoms with Crippen LogP contribution in [0.5, 0.6) is 0 Å². The predicted molar refractivity (Wildman–Crippen MR) is 66.4 cm³/mol. The minimum Gasteiger partial charge on any atom is -0.450 e. The van der Waals surface area contributed by atoms with E-state index in [1.165, 1.54) is 0 Å². The maximum absolute atomic E-state index is 11.2. The van der Waals surface area contributed by atoms with Gasteiger partial charge in [-0.05, 0) is 43.3 Å². The number of nitrogens with zero attached hydrogens (tertiary/aromatic N) is 1. The smallest absolute Gasteiger partial charge is 0.411 e. The Morgan fingerprint density at radius 1 is 1.24 bits per heavy atom. The SMILES string of the molecule is CCOC(=O)Nc1ccc(-n2cccc2)cc1. The molecule has 0 aliphatic carbocycles. The standard InChI is InChI=1S/C13H14N2O2/c1-2-17-13(16)14-11-5-7-12(8-6-11)15-9-3-4-10-15/h3-10H,2H2,1H3,(H,14,16). The van der Waals surface area contributed by atoms with Gasteiger partial charge in [-0.15, -0.1) is 0 Å². The molecule has 1 amide bonds. The Morgan fingerprint density at radius 2 is 1.88 bits per heavy atom. The molecule has 88 valence electrons. The fourth-order valence-electron chi connectivity index (χ4n) is 1.51. The van der Waals surface area contributed by atoms with Gasteiger partial charge in [-0.3, -0.25) is 5.32 Å². The Bertz CT molecular complexity index is 475. The minimum atomic E-state index is -0.429. The largest absolute Gasteiger partial charge is 0.450 e. The summed E-state index contributed by atoms with van der Waals surface area (Å²) in [6, 6.07) is 11.5. The van der Waals surface area contributed by atoms with Gasteiger partial charge in [0, 0.05) is 23.8 Å². The summed E-state index contributed by atoms with van der Waals surface area (Å²) in [6.45, 7) is 2.14. The summed E-state index contributed by atoms with van der Waals surface area (Å²) in [5, 5.41) is 2.64. The van der Waals surface area contributed by atoms with Crippen LogP contribution in [0.25, 0.3) is 5.69 Å². The number of hydrogen-bond acceptors (Lipinski definition) is 2. The highest BCUT2D eigenvalue weighted by Crippen LogP contribution is 2.13. The van der Waals surface area contributed by atoms with Gasteiger partial charge < -0.3 is 9.30 Å². The van der Waals surface area contributed by atoms with Crippen molar-refractivity contribution in [2.24, 2.45) is 0 Å². The van der Waals surface area contributed by atoms with Crippen molar-refractivity contribution in [2.45, 2.75) is 6.92 Å². The summed E-state index contributed by atoms with van der Waals surface area (Å²) in [5.74, 6) is 0. The fourth-order valence-corrected chi connectivity index (χ4v) is 1.51. The van der Waals surface area contributed by atoms with Crippen LogP contribution in [0, 0.1) is 0 Å². The topological polar surface area (TPSA) is 43.3 Å². The molecule has 0 unspecified atom stereocenters. The second kappa shape index (κ2) is 5.21. The predicted octanol–water partition coefficient (Wildman–Crippen LogP) is 3.05. The lowest BCUT2D eigenvalue weighted by molar-refractivity contribution is 0.168. The number of amides is 1. The van der Waals surface area contributed by atoms with E-state index in [9.17, 15) is 4.79 Å². The molecule has 2 rings (SSSR count). The van der Waals surface area contributed by atoms with E-state index in [0.29, 0.717) is 6.61 Å². The van der Waals surface area contributed by atoms with Crippen LogP contribution in [0.4, 0.5) is 10.5 Å². The van der Waals surface area contributed by atoms with Gasteiger partial charge in [0.15, 0.2) is 0 Å². The highest BCUT2D eigenvalue weighted by atomic mass is 16.5. The Labute approximate surface area is 99.8 Å². The summed E-state index contributed by atoms with van der Waals surface area (Å²) in [5.41, 5.74) is 1.77. The van der Waals surface area contributed by atoms with Gasteiger partial charge in [-0.25, -0.2) is 4.79 Å². The molecule has 0 radical (unpaired) electrons. The molecule has 1 aromatic heterocycles. The molecular weight excluding hydrogens is 216 g/mol. The maximum atomic E-state index is 11.2. The summed E-state index contributed by atoms with van der Waals surface area (Å²) < 4.78 is 6.79. The molecule has 17 heavy (non-hydrogen) atoms. The molecule has 0 saturated heterocycles. The Balaban J connectivity index is 2.06. The zero-order valence-electron chi connectivity index (χ0n) is 9.59. The first-order valence-electron chi connectivity index (χ1n) is 5.47. The second-order valence-electron chi connectivity index (χ2n) is 3.48. The first kappa shape index (κ1) is 11.3. The molecule has 1 heterocycles. The monoisotopic (exact) mass is 230 g/mol. The Hall–Kier alpha value is -2.23. The normalized spacial score (nSPS) is 9.94. The molecule has 1 aromatic carbocycles. The van der Waals surface area contributed by atoms with Crippen LogP contribution in [-0.4, -0.2) is 17.3 Å². The molecule has 0 bridgehead atoms. The molecule has 0 aliphatic rings. The molecule has 0 atom stereocenters. The van der Waals surface area contributed by atoms with Crippen LogP contribution in [0.1, 0.15) is 6.92 Å². The van der Waals surface area contributed by atoms with Gasteiger partial charge in [-0.2, -0.15) is 0 Å². The van der Waals surface area contributed by atoms with Crippen molar-refractivity contribution in [3.63, 3.8) is 0 Å². The number of hydrogen-bond donors (Lipinski definition) is 1. The lowest BCUT2D eigenvalue weighted by Crippen LogP contribution is -2.13. The van der Waals surface area contributed by atoms with Gasteiger partial charge >= 0.3 is 6.09 Å². The quantitative estimate of drug-likeness (QED) is 0.880. The van der Waals surface area contributed by atoms with E-state index in [0.717, 1.165) is 11.4 Å². The number of aromatic nitrogens is 1. The van der Waals surface area contributed by atoms with Crippen molar-refractivity contribution < 1.29 is 9.53 Å². The van der Waals surface area contributed by atoms with Crippen LogP contribution in [0.15, 0.2) is 48.8 Å².